The summed E-state index contributed by atoms with van der Waals surface area (Å²) in [5.74, 6) is 2.64. The highest BCUT2D eigenvalue weighted by molar-refractivity contribution is 7.99. The Morgan fingerprint density at radius 1 is 1.12 bits per heavy atom. The summed E-state index contributed by atoms with van der Waals surface area (Å²) < 4.78 is 0. The first-order valence-corrected chi connectivity index (χ1v) is 8.55. The first-order valence-electron chi connectivity index (χ1n) is 7.40. The van der Waals surface area contributed by atoms with E-state index in [2.05, 4.69) is 23.6 Å². The summed E-state index contributed by atoms with van der Waals surface area (Å²) in [4.78, 5) is 2.64. The number of thioether (sulfide) groups is 1. The van der Waals surface area contributed by atoms with Gasteiger partial charge in [-0.15, -0.1) is 0 Å². The summed E-state index contributed by atoms with van der Waals surface area (Å²) in [6.07, 6.45) is 9.56. The Morgan fingerprint density at radius 2 is 1.94 bits per heavy atom. The Labute approximate surface area is 112 Å². The molecule has 1 fully saturated rings. The minimum Gasteiger partial charge on any atom is -0.329 e. The predicted molar refractivity (Wildman–Crippen MR) is 79.7 cm³/mol. The van der Waals surface area contributed by atoms with Gasteiger partial charge in [-0.2, -0.15) is 11.8 Å². The second kappa shape index (κ2) is 10.2. The van der Waals surface area contributed by atoms with E-state index < -0.39 is 0 Å². The fraction of sp³-hybridized carbons (Fsp3) is 1.00. The van der Waals surface area contributed by atoms with Gasteiger partial charge in [0.05, 0.1) is 0 Å². The molecule has 3 heteroatoms. The summed E-state index contributed by atoms with van der Waals surface area (Å²) in [5, 5.41) is 0. The molecule has 1 aliphatic rings. The van der Waals surface area contributed by atoms with Crippen molar-refractivity contribution in [3.8, 4) is 0 Å². The predicted octanol–water partition coefficient (Wildman–Crippen LogP) is 3.11. The highest BCUT2D eigenvalue weighted by atomic mass is 32.2. The SMILES string of the molecule is CCCCCCCC(CN)N1CCCSCC1. The van der Waals surface area contributed by atoms with E-state index in [1.807, 2.05) is 0 Å². The first-order chi connectivity index (χ1) is 8.38. The van der Waals surface area contributed by atoms with E-state index in [1.165, 1.54) is 69.5 Å². The minimum atomic E-state index is 0.648. The third-order valence-electron chi connectivity index (χ3n) is 3.69. The van der Waals surface area contributed by atoms with Crippen LogP contribution in [-0.2, 0) is 0 Å². The van der Waals surface area contributed by atoms with Crippen molar-refractivity contribution in [3.63, 3.8) is 0 Å². The second-order valence-electron chi connectivity index (χ2n) is 5.09. The Hall–Kier alpha value is 0.270. The van der Waals surface area contributed by atoms with Crippen molar-refractivity contribution >= 4 is 11.8 Å². The number of rotatable bonds is 8. The van der Waals surface area contributed by atoms with Crippen LogP contribution >= 0.6 is 11.8 Å². The molecular formula is C14H30N2S. The fourth-order valence-corrected chi connectivity index (χ4v) is 3.46. The Kier molecular flexibility index (Phi) is 9.21. The first kappa shape index (κ1) is 15.3. The van der Waals surface area contributed by atoms with E-state index in [9.17, 15) is 0 Å². The van der Waals surface area contributed by atoms with Crippen LogP contribution in [0.4, 0.5) is 0 Å². The molecule has 1 atom stereocenters. The van der Waals surface area contributed by atoms with E-state index in [4.69, 9.17) is 5.73 Å². The van der Waals surface area contributed by atoms with Crippen LogP contribution in [0, 0.1) is 0 Å². The molecule has 0 aliphatic carbocycles. The molecule has 2 nitrogen and oxygen atoms in total. The molecule has 1 saturated heterocycles. The van der Waals surface area contributed by atoms with E-state index in [1.54, 1.807) is 0 Å². The van der Waals surface area contributed by atoms with E-state index in [0.717, 1.165) is 6.54 Å². The Balaban J connectivity index is 2.16. The average Bonchev–Trinajstić information content (AvgIpc) is 2.63. The number of hydrogen-bond donors (Lipinski definition) is 1. The lowest BCUT2D eigenvalue weighted by Gasteiger charge is -2.29. The van der Waals surface area contributed by atoms with Crippen LogP contribution in [-0.4, -0.2) is 42.1 Å². The van der Waals surface area contributed by atoms with Gasteiger partial charge in [-0.1, -0.05) is 39.0 Å². The van der Waals surface area contributed by atoms with E-state index in [-0.39, 0.29) is 0 Å². The zero-order chi connectivity index (χ0) is 12.3. The molecule has 2 N–H and O–H groups in total. The molecule has 1 rings (SSSR count). The highest BCUT2D eigenvalue weighted by Gasteiger charge is 2.17. The average molecular weight is 258 g/mol. The van der Waals surface area contributed by atoms with Crippen LogP contribution in [0.3, 0.4) is 0 Å². The van der Waals surface area contributed by atoms with Gasteiger partial charge >= 0.3 is 0 Å². The van der Waals surface area contributed by atoms with Gasteiger partial charge in [-0.3, -0.25) is 4.90 Å². The van der Waals surface area contributed by atoms with E-state index >= 15 is 0 Å². The quantitative estimate of drug-likeness (QED) is 0.678. The Bertz CT molecular complexity index is 168. The minimum absolute atomic E-state index is 0.648. The second-order valence-corrected chi connectivity index (χ2v) is 6.32. The highest BCUT2D eigenvalue weighted by Crippen LogP contribution is 2.16. The third kappa shape index (κ3) is 6.68. The lowest BCUT2D eigenvalue weighted by Crippen LogP contribution is -2.41. The van der Waals surface area contributed by atoms with Gasteiger partial charge in [0.15, 0.2) is 0 Å². The van der Waals surface area contributed by atoms with Crippen LogP contribution in [0.25, 0.3) is 0 Å². The van der Waals surface area contributed by atoms with Crippen LogP contribution in [0.2, 0.25) is 0 Å². The third-order valence-corrected chi connectivity index (χ3v) is 4.73. The van der Waals surface area contributed by atoms with Gasteiger partial charge in [-0.25, -0.2) is 0 Å². The number of unbranched alkanes of at least 4 members (excludes halogenated alkanes) is 4. The number of nitrogens with two attached hydrogens (primary N) is 1. The van der Waals surface area contributed by atoms with Crippen molar-refractivity contribution in [3.05, 3.63) is 0 Å². The lowest BCUT2D eigenvalue weighted by molar-refractivity contribution is 0.202. The molecule has 0 bridgehead atoms. The van der Waals surface area contributed by atoms with Crippen LogP contribution in [0.5, 0.6) is 0 Å². The summed E-state index contributed by atoms with van der Waals surface area (Å²) in [7, 11) is 0. The summed E-state index contributed by atoms with van der Waals surface area (Å²) in [5.41, 5.74) is 5.95. The van der Waals surface area contributed by atoms with Gasteiger partial charge in [-0.05, 0) is 25.1 Å². The summed E-state index contributed by atoms with van der Waals surface area (Å²) in [6, 6.07) is 0.648. The van der Waals surface area contributed by atoms with Gasteiger partial charge in [0.2, 0.25) is 0 Å². The van der Waals surface area contributed by atoms with Gasteiger partial charge in [0.1, 0.15) is 0 Å². The number of hydrogen-bond acceptors (Lipinski definition) is 3. The van der Waals surface area contributed by atoms with Crippen LogP contribution in [0.1, 0.15) is 51.9 Å². The maximum Gasteiger partial charge on any atom is 0.0218 e. The monoisotopic (exact) mass is 258 g/mol. The molecule has 0 saturated carbocycles. The molecule has 0 radical (unpaired) electrons. The van der Waals surface area contributed by atoms with Crippen LogP contribution < -0.4 is 5.73 Å². The van der Waals surface area contributed by atoms with Crippen molar-refractivity contribution in [1.82, 2.24) is 4.90 Å². The van der Waals surface area contributed by atoms with Gasteiger partial charge in [0.25, 0.3) is 0 Å². The maximum atomic E-state index is 5.95. The molecule has 1 heterocycles. The lowest BCUT2D eigenvalue weighted by atomic mass is 10.0. The topological polar surface area (TPSA) is 29.3 Å². The molecular weight excluding hydrogens is 228 g/mol. The van der Waals surface area contributed by atoms with Crippen LogP contribution in [0.15, 0.2) is 0 Å². The molecule has 0 aromatic carbocycles. The molecule has 0 amide bonds. The molecule has 102 valence electrons. The largest absolute Gasteiger partial charge is 0.329 e. The van der Waals surface area contributed by atoms with Crippen molar-refractivity contribution in [2.24, 2.45) is 5.73 Å². The van der Waals surface area contributed by atoms with Gasteiger partial charge in [0, 0.05) is 24.9 Å². The molecule has 1 aliphatic heterocycles. The molecule has 0 aromatic heterocycles. The molecule has 0 aromatic rings. The van der Waals surface area contributed by atoms with Crippen molar-refractivity contribution in [1.29, 1.82) is 0 Å². The zero-order valence-electron chi connectivity index (χ0n) is 11.5. The van der Waals surface area contributed by atoms with Crippen molar-refractivity contribution < 1.29 is 0 Å². The van der Waals surface area contributed by atoms with Crippen molar-refractivity contribution in [2.75, 3.05) is 31.1 Å². The fourth-order valence-electron chi connectivity index (χ4n) is 2.56. The van der Waals surface area contributed by atoms with E-state index in [0.29, 0.717) is 6.04 Å². The standard InChI is InChI=1S/C14H30N2S/c1-2-3-4-5-6-8-14(13-15)16-9-7-11-17-12-10-16/h14H,2-13,15H2,1H3. The zero-order valence-corrected chi connectivity index (χ0v) is 12.3. The summed E-state index contributed by atoms with van der Waals surface area (Å²) >= 11 is 2.10. The molecule has 1 unspecified atom stereocenters. The van der Waals surface area contributed by atoms with Crippen molar-refractivity contribution in [2.45, 2.75) is 57.9 Å². The maximum absolute atomic E-state index is 5.95. The normalized spacial score (nSPS) is 20.1. The van der Waals surface area contributed by atoms with Gasteiger partial charge < -0.3 is 5.73 Å². The molecule has 0 spiro atoms. The number of nitrogens with zero attached hydrogens (tertiary/aromatic N) is 1. The summed E-state index contributed by atoms with van der Waals surface area (Å²) in [6.45, 7) is 5.64. The smallest absolute Gasteiger partial charge is 0.0218 e. The Morgan fingerprint density at radius 3 is 2.71 bits per heavy atom. The molecule has 17 heavy (non-hydrogen) atoms.